The minimum absolute atomic E-state index is 0.0665. The highest BCUT2D eigenvalue weighted by Crippen LogP contribution is 2.34. The third-order valence-electron chi connectivity index (χ3n) is 3.02. The van der Waals surface area contributed by atoms with Crippen LogP contribution in [0.15, 0.2) is 9.59 Å². The fourth-order valence-electron chi connectivity index (χ4n) is 2.13. The van der Waals surface area contributed by atoms with E-state index in [2.05, 4.69) is 21.8 Å². The molecule has 1 fully saturated rings. The van der Waals surface area contributed by atoms with E-state index in [0.717, 1.165) is 11.3 Å². The van der Waals surface area contributed by atoms with Gasteiger partial charge in [-0.05, 0) is 6.92 Å². The van der Waals surface area contributed by atoms with Gasteiger partial charge in [0, 0.05) is 5.75 Å². The van der Waals surface area contributed by atoms with Gasteiger partial charge in [0.2, 0.25) is 5.95 Å². The van der Waals surface area contributed by atoms with Crippen molar-refractivity contribution >= 4 is 39.4 Å². The molecule has 1 unspecified atom stereocenters. The fraction of sp³-hybridized carbons (Fsp3) is 0.417. The zero-order chi connectivity index (χ0) is 15.9. The number of fused-ring (bicyclic) bond motifs is 1. The molecule has 22 heavy (non-hydrogen) atoms. The molecule has 3 atom stereocenters. The second-order valence-electron chi connectivity index (χ2n) is 4.47. The van der Waals surface area contributed by atoms with E-state index in [0.29, 0.717) is 5.75 Å². The molecule has 2 aromatic heterocycles. The number of nitrogens with two attached hydrogens (primary N) is 1. The van der Waals surface area contributed by atoms with Crippen molar-refractivity contribution in [2.45, 2.75) is 24.7 Å². The predicted octanol–water partition coefficient (Wildman–Crippen LogP) is -0.299. The second kappa shape index (κ2) is 5.77. The van der Waals surface area contributed by atoms with E-state index in [1.165, 1.54) is 16.3 Å². The lowest BCUT2D eigenvalue weighted by molar-refractivity contribution is -0.0204. The maximum Gasteiger partial charge on any atom is 0.311 e. The Morgan fingerprint density at radius 1 is 1.59 bits per heavy atom. The van der Waals surface area contributed by atoms with Gasteiger partial charge in [-0.2, -0.15) is 4.98 Å². The summed E-state index contributed by atoms with van der Waals surface area (Å²) in [7, 11) is 0. The normalized spacial score (nSPS) is 22.5. The number of nitrogens with one attached hydrogen (secondary N) is 1. The summed E-state index contributed by atoms with van der Waals surface area (Å²) in [6.07, 6.45) is -1.57. The molecule has 1 saturated heterocycles. The third-order valence-corrected chi connectivity index (χ3v) is 5.14. The predicted molar refractivity (Wildman–Crippen MR) is 84.7 cm³/mol. The van der Waals surface area contributed by atoms with E-state index in [1.807, 2.05) is 0 Å². The number of anilines is 1. The SMILES string of the molecule is CC#CC(O)[C@H]1O[C@@H](n2c(=O)sc3c(=O)[nH]c(N)nc32)CS1. The molecule has 8 nitrogen and oxygen atoms in total. The molecule has 10 heteroatoms. The van der Waals surface area contributed by atoms with Gasteiger partial charge in [0.15, 0.2) is 5.65 Å². The van der Waals surface area contributed by atoms with Gasteiger partial charge in [-0.1, -0.05) is 17.3 Å². The van der Waals surface area contributed by atoms with Crippen molar-refractivity contribution in [1.82, 2.24) is 14.5 Å². The molecule has 2 aromatic rings. The molecule has 0 radical (unpaired) electrons. The number of hydrogen-bond donors (Lipinski definition) is 3. The third kappa shape index (κ3) is 2.52. The van der Waals surface area contributed by atoms with Crippen LogP contribution in [0.1, 0.15) is 13.2 Å². The molecule has 0 saturated carbocycles. The number of aliphatic hydroxyl groups excluding tert-OH is 1. The van der Waals surface area contributed by atoms with Crippen LogP contribution in [0.2, 0.25) is 0 Å². The number of nitrogen functional groups attached to an aromatic ring is 1. The Kier molecular flexibility index (Phi) is 3.96. The highest BCUT2D eigenvalue weighted by atomic mass is 32.2. The average molecular weight is 340 g/mol. The van der Waals surface area contributed by atoms with Crippen molar-refractivity contribution in [2.24, 2.45) is 0 Å². The first-order valence-corrected chi connectivity index (χ1v) is 8.16. The van der Waals surface area contributed by atoms with Gasteiger partial charge in [0.05, 0.1) is 0 Å². The first kappa shape index (κ1) is 15.1. The highest BCUT2D eigenvalue weighted by Gasteiger charge is 2.34. The monoisotopic (exact) mass is 340 g/mol. The van der Waals surface area contributed by atoms with Crippen LogP contribution in [0.3, 0.4) is 0 Å². The molecule has 1 aliphatic rings. The van der Waals surface area contributed by atoms with Crippen LogP contribution in [-0.4, -0.2) is 36.9 Å². The molecule has 0 aliphatic carbocycles. The lowest BCUT2D eigenvalue weighted by atomic mass is 10.4. The van der Waals surface area contributed by atoms with Gasteiger partial charge < -0.3 is 15.6 Å². The average Bonchev–Trinajstić information content (AvgIpc) is 3.03. The van der Waals surface area contributed by atoms with Crippen molar-refractivity contribution in [1.29, 1.82) is 0 Å². The first-order chi connectivity index (χ1) is 10.5. The smallest absolute Gasteiger partial charge is 0.311 e. The van der Waals surface area contributed by atoms with Gasteiger partial charge in [-0.3, -0.25) is 19.1 Å². The number of nitrogens with zero attached hydrogens (tertiary/aromatic N) is 2. The molecule has 4 N–H and O–H groups in total. The van der Waals surface area contributed by atoms with E-state index < -0.39 is 23.3 Å². The number of thioether (sulfide) groups is 1. The Morgan fingerprint density at radius 3 is 3.09 bits per heavy atom. The summed E-state index contributed by atoms with van der Waals surface area (Å²) >= 11 is 2.13. The van der Waals surface area contributed by atoms with Gasteiger partial charge >= 0.3 is 4.87 Å². The van der Waals surface area contributed by atoms with E-state index in [-0.39, 0.29) is 21.2 Å². The van der Waals surface area contributed by atoms with Crippen LogP contribution < -0.4 is 16.2 Å². The molecule has 0 spiro atoms. The quantitative estimate of drug-likeness (QED) is 0.641. The number of aromatic amines is 1. The molecule has 1 aliphatic heterocycles. The minimum atomic E-state index is -0.943. The van der Waals surface area contributed by atoms with Gasteiger partial charge in [-0.25, -0.2) is 0 Å². The van der Waals surface area contributed by atoms with Gasteiger partial charge in [0.1, 0.15) is 22.5 Å². The molecular weight excluding hydrogens is 328 g/mol. The van der Waals surface area contributed by atoms with Crippen LogP contribution in [0, 0.1) is 11.8 Å². The number of aliphatic hydroxyl groups is 1. The van der Waals surface area contributed by atoms with Crippen molar-refractivity contribution in [3.63, 3.8) is 0 Å². The van der Waals surface area contributed by atoms with Crippen molar-refractivity contribution < 1.29 is 9.84 Å². The number of rotatable bonds is 2. The molecular formula is C12H12N4O4S2. The fourth-order valence-corrected chi connectivity index (χ4v) is 4.02. The molecule has 0 bridgehead atoms. The Hall–Kier alpha value is -1.80. The molecule has 116 valence electrons. The van der Waals surface area contributed by atoms with Crippen LogP contribution in [0.4, 0.5) is 5.95 Å². The zero-order valence-corrected chi connectivity index (χ0v) is 13.0. The largest absolute Gasteiger partial charge is 0.377 e. The number of H-pyrrole nitrogens is 1. The lowest BCUT2D eigenvalue weighted by Crippen LogP contribution is -2.26. The minimum Gasteiger partial charge on any atom is -0.377 e. The Bertz CT molecular complexity index is 890. The topological polar surface area (TPSA) is 123 Å². The summed E-state index contributed by atoms with van der Waals surface area (Å²) in [6.45, 7) is 1.62. The summed E-state index contributed by atoms with van der Waals surface area (Å²) in [6, 6.07) is 0. The Morgan fingerprint density at radius 2 is 2.36 bits per heavy atom. The van der Waals surface area contributed by atoms with Crippen molar-refractivity contribution in [3.05, 3.63) is 20.0 Å². The lowest BCUT2D eigenvalue weighted by Gasteiger charge is -2.15. The highest BCUT2D eigenvalue weighted by molar-refractivity contribution is 8.00. The van der Waals surface area contributed by atoms with E-state index in [9.17, 15) is 14.7 Å². The molecule has 0 aromatic carbocycles. The summed E-state index contributed by atoms with van der Waals surface area (Å²) in [5.74, 6) is 5.59. The molecule has 0 amide bonds. The number of ether oxygens (including phenoxy) is 1. The summed E-state index contributed by atoms with van der Waals surface area (Å²) < 4.78 is 7.17. The summed E-state index contributed by atoms with van der Waals surface area (Å²) in [5, 5.41) is 9.84. The number of aromatic nitrogens is 3. The van der Waals surface area contributed by atoms with Gasteiger partial charge in [-0.15, -0.1) is 17.7 Å². The van der Waals surface area contributed by atoms with Crippen LogP contribution in [-0.2, 0) is 4.74 Å². The molecule has 3 heterocycles. The number of thiazole rings is 1. The van der Waals surface area contributed by atoms with Crippen LogP contribution >= 0.6 is 23.1 Å². The summed E-state index contributed by atoms with van der Waals surface area (Å²) in [4.78, 5) is 30.0. The Labute approximate surface area is 132 Å². The first-order valence-electron chi connectivity index (χ1n) is 6.29. The maximum atomic E-state index is 12.2. The van der Waals surface area contributed by atoms with Crippen molar-refractivity contribution in [2.75, 3.05) is 11.5 Å². The standard InChI is InChI=1S/C12H12N4O4S2/c1-2-3-5(17)10-20-6(4-21-10)16-8-7(22-12(16)19)9(18)15-11(13)14-8/h5-6,10,17H,4H2,1H3,(H3,13,14,15,18)/t5?,6-,10+/m1/s1. The van der Waals surface area contributed by atoms with E-state index in [1.54, 1.807) is 6.92 Å². The second-order valence-corrected chi connectivity index (χ2v) is 6.57. The molecule has 3 rings (SSSR count). The zero-order valence-electron chi connectivity index (χ0n) is 11.4. The Balaban J connectivity index is 2.01. The summed E-state index contributed by atoms with van der Waals surface area (Å²) in [5.41, 5.74) is 4.72. The van der Waals surface area contributed by atoms with E-state index >= 15 is 0 Å². The number of hydrogen-bond acceptors (Lipinski definition) is 8. The van der Waals surface area contributed by atoms with Crippen molar-refractivity contribution in [3.8, 4) is 11.8 Å². The maximum absolute atomic E-state index is 12.2. The van der Waals surface area contributed by atoms with Crippen LogP contribution in [0.25, 0.3) is 10.3 Å². The van der Waals surface area contributed by atoms with Gasteiger partial charge in [0.25, 0.3) is 5.56 Å². The van der Waals surface area contributed by atoms with Crippen LogP contribution in [0.5, 0.6) is 0 Å². The van der Waals surface area contributed by atoms with E-state index in [4.69, 9.17) is 10.5 Å².